The summed E-state index contributed by atoms with van der Waals surface area (Å²) in [5.41, 5.74) is 2.59. The third-order valence-electron chi connectivity index (χ3n) is 4.05. The average molecular weight is 292 g/mol. The quantitative estimate of drug-likeness (QED) is 0.502. The Balaban J connectivity index is 2.20. The lowest BCUT2D eigenvalue weighted by molar-refractivity contribution is -0.384. The first kappa shape index (κ1) is 15.2. The van der Waals surface area contributed by atoms with Gasteiger partial charge in [-0.3, -0.25) is 20.8 Å². The maximum absolute atomic E-state index is 12.4. The summed E-state index contributed by atoms with van der Waals surface area (Å²) in [6.07, 6.45) is 0.980. The van der Waals surface area contributed by atoms with Crippen LogP contribution in [0.25, 0.3) is 0 Å². The molecule has 1 atom stereocenters. The first-order chi connectivity index (χ1) is 9.93. The molecule has 0 radical (unpaired) electrons. The van der Waals surface area contributed by atoms with E-state index in [4.69, 9.17) is 5.84 Å². The monoisotopic (exact) mass is 292 g/mol. The topological polar surface area (TPSA) is 102 Å². The Morgan fingerprint density at radius 2 is 2.24 bits per heavy atom. The fourth-order valence-electron chi connectivity index (χ4n) is 2.64. The Morgan fingerprint density at radius 3 is 2.76 bits per heavy atom. The van der Waals surface area contributed by atoms with Crippen LogP contribution < -0.4 is 11.3 Å². The predicted octanol–water partition coefficient (Wildman–Crippen LogP) is 2.00. The van der Waals surface area contributed by atoms with E-state index < -0.39 is 4.92 Å². The molecular formula is C14H20N4O3. The Labute approximate surface area is 123 Å². The van der Waals surface area contributed by atoms with Gasteiger partial charge in [-0.2, -0.15) is 0 Å². The van der Waals surface area contributed by atoms with Crippen molar-refractivity contribution < 1.29 is 9.72 Å². The number of hydrogen-bond donors (Lipinski definition) is 2. The van der Waals surface area contributed by atoms with E-state index in [-0.39, 0.29) is 17.3 Å². The van der Waals surface area contributed by atoms with Crippen molar-refractivity contribution in [3.63, 3.8) is 0 Å². The van der Waals surface area contributed by atoms with Gasteiger partial charge >= 0.3 is 0 Å². The number of rotatable bonds is 4. The number of nitrogen functional groups attached to an aromatic ring is 1. The number of benzene rings is 1. The number of carbonyl (C=O) groups excluding carboxylic acids is 1. The molecule has 0 spiro atoms. The molecule has 2 rings (SSSR count). The van der Waals surface area contributed by atoms with E-state index >= 15 is 0 Å². The molecule has 1 aromatic rings. The zero-order valence-electron chi connectivity index (χ0n) is 12.2. The number of nitro benzene ring substituents is 1. The first-order valence-electron chi connectivity index (χ1n) is 6.98. The molecule has 0 saturated carbocycles. The second-order valence-electron chi connectivity index (χ2n) is 5.68. The van der Waals surface area contributed by atoms with E-state index in [1.54, 1.807) is 11.0 Å². The number of amides is 1. The lowest BCUT2D eigenvalue weighted by Crippen LogP contribution is -2.29. The molecular weight excluding hydrogens is 272 g/mol. The maximum Gasteiger partial charge on any atom is 0.294 e. The fourth-order valence-corrected chi connectivity index (χ4v) is 2.64. The number of nitro groups is 1. The van der Waals surface area contributed by atoms with Gasteiger partial charge in [0.2, 0.25) is 0 Å². The minimum Gasteiger partial charge on any atom is -0.338 e. The Morgan fingerprint density at radius 1 is 1.52 bits per heavy atom. The normalized spacial score (nSPS) is 18.1. The van der Waals surface area contributed by atoms with Crippen LogP contribution in [0.4, 0.5) is 11.4 Å². The zero-order chi connectivity index (χ0) is 15.6. The van der Waals surface area contributed by atoms with Gasteiger partial charge in [0, 0.05) is 24.7 Å². The van der Waals surface area contributed by atoms with Gasteiger partial charge < -0.3 is 10.3 Å². The second kappa shape index (κ2) is 6.09. The van der Waals surface area contributed by atoms with Crippen LogP contribution in [0.1, 0.15) is 30.6 Å². The fraction of sp³-hybridized carbons (Fsp3) is 0.500. The number of hydrogen-bond acceptors (Lipinski definition) is 5. The smallest absolute Gasteiger partial charge is 0.294 e. The van der Waals surface area contributed by atoms with Crippen LogP contribution in [0.15, 0.2) is 18.2 Å². The van der Waals surface area contributed by atoms with Gasteiger partial charge in [0.15, 0.2) is 0 Å². The highest BCUT2D eigenvalue weighted by Gasteiger charge is 2.29. The first-order valence-corrected chi connectivity index (χ1v) is 6.98. The number of carbonyl (C=O) groups is 1. The van der Waals surface area contributed by atoms with Crippen molar-refractivity contribution >= 4 is 17.3 Å². The van der Waals surface area contributed by atoms with Gasteiger partial charge in [-0.25, -0.2) is 0 Å². The van der Waals surface area contributed by atoms with Gasteiger partial charge in [0.1, 0.15) is 5.69 Å². The van der Waals surface area contributed by atoms with Crippen LogP contribution in [0.5, 0.6) is 0 Å². The molecule has 7 nitrogen and oxygen atoms in total. The van der Waals surface area contributed by atoms with Crippen LogP contribution in [-0.4, -0.2) is 28.8 Å². The largest absolute Gasteiger partial charge is 0.338 e. The van der Waals surface area contributed by atoms with Crippen molar-refractivity contribution in [2.24, 2.45) is 17.7 Å². The number of anilines is 1. The number of nitrogens with one attached hydrogen (secondary N) is 1. The summed E-state index contributed by atoms with van der Waals surface area (Å²) >= 11 is 0. The van der Waals surface area contributed by atoms with Crippen molar-refractivity contribution in [2.75, 3.05) is 18.5 Å². The lowest BCUT2D eigenvalue weighted by atomic mass is 9.95. The molecule has 1 aromatic carbocycles. The zero-order valence-corrected chi connectivity index (χ0v) is 12.2. The van der Waals surface area contributed by atoms with Gasteiger partial charge in [-0.05, 0) is 30.4 Å². The summed E-state index contributed by atoms with van der Waals surface area (Å²) in [4.78, 5) is 24.7. The van der Waals surface area contributed by atoms with Crippen LogP contribution in [0.3, 0.4) is 0 Å². The second-order valence-corrected chi connectivity index (χ2v) is 5.68. The van der Waals surface area contributed by atoms with Crippen molar-refractivity contribution in [2.45, 2.75) is 20.3 Å². The standard InChI is InChI=1S/C14H20N4O3/c1-9(2)11-5-6-17(8-11)14(19)10-3-4-12(16-15)13(7-10)18(20)21/h3-4,7,9,11,16H,5-6,8,15H2,1-2H3. The van der Waals surface area contributed by atoms with Crippen LogP contribution in [0.2, 0.25) is 0 Å². The van der Waals surface area contributed by atoms with Gasteiger partial charge in [0.25, 0.3) is 11.6 Å². The molecule has 1 unspecified atom stereocenters. The van der Waals surface area contributed by atoms with Crippen molar-refractivity contribution in [1.82, 2.24) is 4.90 Å². The van der Waals surface area contributed by atoms with E-state index in [0.717, 1.165) is 6.42 Å². The molecule has 21 heavy (non-hydrogen) atoms. The third kappa shape index (κ3) is 3.13. The summed E-state index contributed by atoms with van der Waals surface area (Å²) in [6.45, 7) is 5.70. The van der Waals surface area contributed by atoms with Gasteiger partial charge in [-0.1, -0.05) is 13.8 Å². The predicted molar refractivity (Wildman–Crippen MR) is 79.8 cm³/mol. The summed E-state index contributed by atoms with van der Waals surface area (Å²) in [5, 5.41) is 11.0. The van der Waals surface area contributed by atoms with Crippen LogP contribution in [0, 0.1) is 22.0 Å². The van der Waals surface area contributed by atoms with Gasteiger partial charge in [0.05, 0.1) is 4.92 Å². The third-order valence-corrected chi connectivity index (χ3v) is 4.05. The minimum atomic E-state index is -0.549. The molecule has 1 fully saturated rings. The minimum absolute atomic E-state index is 0.162. The molecule has 1 amide bonds. The maximum atomic E-state index is 12.4. The van der Waals surface area contributed by atoms with Crippen LogP contribution >= 0.6 is 0 Å². The van der Waals surface area contributed by atoms with E-state index in [1.807, 2.05) is 0 Å². The van der Waals surface area contributed by atoms with Crippen molar-refractivity contribution in [3.05, 3.63) is 33.9 Å². The number of nitrogens with two attached hydrogens (primary N) is 1. The molecule has 1 aliphatic heterocycles. The van der Waals surface area contributed by atoms with E-state index in [1.165, 1.54) is 12.1 Å². The van der Waals surface area contributed by atoms with E-state index in [9.17, 15) is 14.9 Å². The van der Waals surface area contributed by atoms with E-state index in [0.29, 0.717) is 30.5 Å². The molecule has 114 valence electrons. The lowest BCUT2D eigenvalue weighted by Gasteiger charge is -2.18. The highest BCUT2D eigenvalue weighted by molar-refractivity contribution is 5.95. The van der Waals surface area contributed by atoms with Crippen LogP contribution in [-0.2, 0) is 0 Å². The Kier molecular flexibility index (Phi) is 4.42. The molecule has 1 saturated heterocycles. The molecule has 1 heterocycles. The number of hydrazine groups is 1. The number of likely N-dealkylation sites (tertiary alicyclic amines) is 1. The van der Waals surface area contributed by atoms with E-state index in [2.05, 4.69) is 19.3 Å². The summed E-state index contributed by atoms with van der Waals surface area (Å²) in [6, 6.07) is 4.30. The molecule has 1 aliphatic rings. The summed E-state index contributed by atoms with van der Waals surface area (Å²) < 4.78 is 0. The van der Waals surface area contributed by atoms with Crippen molar-refractivity contribution in [3.8, 4) is 0 Å². The molecule has 0 bridgehead atoms. The molecule has 0 aliphatic carbocycles. The molecule has 0 aromatic heterocycles. The number of nitrogens with zero attached hydrogens (tertiary/aromatic N) is 2. The molecule has 3 N–H and O–H groups in total. The highest BCUT2D eigenvalue weighted by atomic mass is 16.6. The Bertz CT molecular complexity index is 559. The summed E-state index contributed by atoms with van der Waals surface area (Å²) in [7, 11) is 0. The highest BCUT2D eigenvalue weighted by Crippen LogP contribution is 2.28. The average Bonchev–Trinajstić information content (AvgIpc) is 2.95. The SMILES string of the molecule is CC(C)C1CCN(C(=O)c2ccc(NN)c([N+](=O)[O-])c2)C1. The molecule has 7 heteroatoms. The summed E-state index contributed by atoms with van der Waals surface area (Å²) in [5.74, 6) is 6.10. The Hall–Kier alpha value is -2.15. The van der Waals surface area contributed by atoms with Crippen molar-refractivity contribution in [1.29, 1.82) is 0 Å². The van der Waals surface area contributed by atoms with Gasteiger partial charge in [-0.15, -0.1) is 0 Å².